The summed E-state index contributed by atoms with van der Waals surface area (Å²) in [6, 6.07) is 13.2. The maximum atomic E-state index is 4.40. The van der Waals surface area contributed by atoms with E-state index in [0.29, 0.717) is 0 Å². The Hall–Kier alpha value is -2.00. The van der Waals surface area contributed by atoms with Crippen LogP contribution in [0.2, 0.25) is 13.1 Å². The Morgan fingerprint density at radius 1 is 0.947 bits per heavy atom. The largest absolute Gasteiger partial charge is 0.244 e. The van der Waals surface area contributed by atoms with Gasteiger partial charge in [-0.3, -0.25) is 0 Å². The molecule has 4 rings (SSSR count). The van der Waals surface area contributed by atoms with Gasteiger partial charge in [-0.1, -0.05) is 43.4 Å². The second-order valence-corrected chi connectivity index (χ2v) is 9.90. The molecule has 3 heteroatoms. The van der Waals surface area contributed by atoms with E-state index in [1.807, 2.05) is 6.20 Å². The van der Waals surface area contributed by atoms with Crippen molar-refractivity contribution >= 4 is 29.4 Å². The molecule has 0 amide bonds. The maximum Gasteiger partial charge on any atom is 0.116 e. The van der Waals surface area contributed by atoms with Crippen LogP contribution < -0.4 is 10.4 Å². The van der Waals surface area contributed by atoms with Crippen LogP contribution >= 0.6 is 0 Å². The van der Waals surface area contributed by atoms with Gasteiger partial charge in [-0.25, -0.2) is 9.97 Å². The Morgan fingerprint density at radius 2 is 1.79 bits per heavy atom. The van der Waals surface area contributed by atoms with Gasteiger partial charge >= 0.3 is 0 Å². The van der Waals surface area contributed by atoms with Crippen LogP contribution in [0.25, 0.3) is 22.0 Å². The van der Waals surface area contributed by atoms with Gasteiger partial charge in [-0.15, -0.1) is 0 Å². The Morgan fingerprint density at radius 3 is 2.68 bits per heavy atom. The fourth-order valence-electron chi connectivity index (χ4n) is 3.35. The normalized spacial score (nSPS) is 15.3. The summed E-state index contributed by atoms with van der Waals surface area (Å²) in [6.45, 7) is 4.84. The van der Waals surface area contributed by atoms with Crippen molar-refractivity contribution < 1.29 is 0 Å². The van der Waals surface area contributed by atoms with Crippen LogP contribution in [-0.2, 0) is 0 Å². The van der Waals surface area contributed by atoms with E-state index in [4.69, 9.17) is 0 Å². The SMILES string of the molecule is C[Si]1(C)c2ccccc2-c2ccc3ncncc3c21. The molecule has 0 radical (unpaired) electrons. The molecule has 0 fully saturated rings. The molecule has 0 bridgehead atoms. The van der Waals surface area contributed by atoms with Gasteiger partial charge in [0, 0.05) is 11.6 Å². The lowest BCUT2D eigenvalue weighted by atomic mass is 10.0. The standard InChI is InChI=1S/C16H14N2Si/c1-19(2)15-6-4-3-5-11(15)12-7-8-14-13(16(12)19)9-17-10-18-14/h3-10H,1-2H3. The monoisotopic (exact) mass is 262 g/mol. The molecule has 1 aromatic heterocycles. The third-order valence-electron chi connectivity index (χ3n) is 4.21. The minimum absolute atomic E-state index is 1.06. The van der Waals surface area contributed by atoms with Gasteiger partial charge in [-0.05, 0) is 27.6 Å². The summed E-state index contributed by atoms with van der Waals surface area (Å²) in [5.41, 5.74) is 3.84. The minimum Gasteiger partial charge on any atom is -0.244 e. The molecule has 19 heavy (non-hydrogen) atoms. The number of benzene rings is 2. The summed E-state index contributed by atoms with van der Waals surface area (Å²) >= 11 is 0. The first kappa shape index (κ1) is 10.9. The first-order chi connectivity index (χ1) is 9.19. The van der Waals surface area contributed by atoms with Crippen molar-refractivity contribution in [2.24, 2.45) is 0 Å². The molecule has 0 atom stereocenters. The third kappa shape index (κ3) is 1.31. The summed E-state index contributed by atoms with van der Waals surface area (Å²) in [4.78, 5) is 8.63. The van der Waals surface area contributed by atoms with Crippen LogP contribution in [0.5, 0.6) is 0 Å². The minimum atomic E-state index is -1.63. The zero-order valence-electron chi connectivity index (χ0n) is 11.0. The van der Waals surface area contributed by atoms with Crippen molar-refractivity contribution in [3.05, 3.63) is 48.9 Å². The second-order valence-electron chi connectivity index (χ2n) is 5.61. The predicted molar refractivity (Wildman–Crippen MR) is 81.7 cm³/mol. The van der Waals surface area contributed by atoms with Crippen LogP contribution in [0.3, 0.4) is 0 Å². The molecule has 0 saturated heterocycles. The summed E-state index contributed by atoms with van der Waals surface area (Å²) in [5.74, 6) is 0. The van der Waals surface area contributed by atoms with Crippen molar-refractivity contribution in [3.8, 4) is 11.1 Å². The molecular weight excluding hydrogens is 248 g/mol. The maximum absolute atomic E-state index is 4.40. The molecule has 0 saturated carbocycles. The highest BCUT2D eigenvalue weighted by atomic mass is 28.3. The summed E-state index contributed by atoms with van der Waals surface area (Å²) in [6.07, 6.45) is 3.60. The van der Waals surface area contributed by atoms with E-state index in [2.05, 4.69) is 59.5 Å². The zero-order chi connectivity index (χ0) is 13.0. The zero-order valence-corrected chi connectivity index (χ0v) is 12.0. The molecule has 92 valence electrons. The molecule has 2 aromatic carbocycles. The summed E-state index contributed by atoms with van der Waals surface area (Å²) in [5, 5.41) is 4.25. The number of nitrogens with zero attached hydrogens (tertiary/aromatic N) is 2. The molecule has 2 nitrogen and oxygen atoms in total. The van der Waals surface area contributed by atoms with Crippen molar-refractivity contribution in [1.82, 2.24) is 9.97 Å². The fourth-order valence-corrected chi connectivity index (χ4v) is 6.78. The number of fused-ring (bicyclic) bond motifs is 5. The van der Waals surface area contributed by atoms with E-state index in [9.17, 15) is 0 Å². The molecule has 1 aliphatic rings. The average Bonchev–Trinajstić information content (AvgIpc) is 2.68. The van der Waals surface area contributed by atoms with E-state index >= 15 is 0 Å². The lowest BCUT2D eigenvalue weighted by molar-refractivity contribution is 1.22. The topological polar surface area (TPSA) is 25.8 Å². The van der Waals surface area contributed by atoms with Crippen LogP contribution in [-0.4, -0.2) is 18.0 Å². The van der Waals surface area contributed by atoms with Crippen LogP contribution in [0.4, 0.5) is 0 Å². The third-order valence-corrected chi connectivity index (χ3v) is 7.78. The van der Waals surface area contributed by atoms with E-state index in [0.717, 1.165) is 5.52 Å². The predicted octanol–water partition coefficient (Wildman–Crippen LogP) is 2.43. The summed E-state index contributed by atoms with van der Waals surface area (Å²) in [7, 11) is -1.63. The quantitative estimate of drug-likeness (QED) is 0.582. The molecule has 0 N–H and O–H groups in total. The lowest BCUT2D eigenvalue weighted by Crippen LogP contribution is -2.49. The van der Waals surface area contributed by atoms with E-state index in [1.165, 1.54) is 26.9 Å². The first-order valence-electron chi connectivity index (χ1n) is 6.52. The average molecular weight is 262 g/mol. The Bertz CT molecular complexity index is 809. The molecule has 3 aromatic rings. The van der Waals surface area contributed by atoms with Crippen LogP contribution in [0.1, 0.15) is 0 Å². The molecule has 2 heterocycles. The Balaban J connectivity index is 2.20. The molecular formula is C16H14N2Si. The molecule has 0 unspecified atom stereocenters. The van der Waals surface area contributed by atoms with Gasteiger partial charge in [0.25, 0.3) is 0 Å². The number of aromatic nitrogens is 2. The number of hydrogen-bond donors (Lipinski definition) is 0. The molecule has 0 aliphatic carbocycles. The van der Waals surface area contributed by atoms with E-state index in [1.54, 1.807) is 6.33 Å². The summed E-state index contributed by atoms with van der Waals surface area (Å²) < 4.78 is 0. The van der Waals surface area contributed by atoms with Crippen molar-refractivity contribution in [1.29, 1.82) is 0 Å². The highest BCUT2D eigenvalue weighted by molar-refractivity contribution is 7.05. The van der Waals surface area contributed by atoms with Gasteiger partial charge in [0.1, 0.15) is 14.4 Å². The molecule has 1 aliphatic heterocycles. The first-order valence-corrected chi connectivity index (χ1v) is 9.52. The number of hydrogen-bond acceptors (Lipinski definition) is 2. The van der Waals surface area contributed by atoms with Crippen LogP contribution in [0, 0.1) is 0 Å². The van der Waals surface area contributed by atoms with E-state index < -0.39 is 8.07 Å². The Labute approximate surface area is 113 Å². The highest BCUT2D eigenvalue weighted by Gasteiger charge is 2.38. The van der Waals surface area contributed by atoms with Gasteiger partial charge in [0.05, 0.1) is 5.52 Å². The smallest absolute Gasteiger partial charge is 0.116 e. The van der Waals surface area contributed by atoms with E-state index in [-0.39, 0.29) is 0 Å². The van der Waals surface area contributed by atoms with Gasteiger partial charge in [-0.2, -0.15) is 0 Å². The fraction of sp³-hybridized carbons (Fsp3) is 0.125. The van der Waals surface area contributed by atoms with Crippen LogP contribution in [0.15, 0.2) is 48.9 Å². The lowest BCUT2D eigenvalue weighted by Gasteiger charge is -2.19. The van der Waals surface area contributed by atoms with Crippen molar-refractivity contribution in [2.75, 3.05) is 0 Å². The Kier molecular flexibility index (Phi) is 2.01. The van der Waals surface area contributed by atoms with Crippen molar-refractivity contribution in [2.45, 2.75) is 13.1 Å². The van der Waals surface area contributed by atoms with Crippen molar-refractivity contribution in [3.63, 3.8) is 0 Å². The highest BCUT2D eigenvalue weighted by Crippen LogP contribution is 2.30. The molecule has 0 spiro atoms. The van der Waals surface area contributed by atoms with Gasteiger partial charge < -0.3 is 0 Å². The second kappa shape index (κ2) is 3.51. The number of rotatable bonds is 0. The van der Waals surface area contributed by atoms with Gasteiger partial charge in [0.2, 0.25) is 0 Å². The van der Waals surface area contributed by atoms with Gasteiger partial charge in [0.15, 0.2) is 0 Å².